The van der Waals surface area contributed by atoms with Gasteiger partial charge >= 0.3 is 5.97 Å². The van der Waals surface area contributed by atoms with E-state index >= 15 is 0 Å². The Kier molecular flexibility index (Phi) is 3.60. The average Bonchev–Trinajstić information content (AvgIpc) is 2.76. The molecular formula is C11H10BrClN4O2. The third-order valence-electron chi connectivity index (χ3n) is 2.64. The third kappa shape index (κ3) is 2.62. The van der Waals surface area contributed by atoms with Crippen LogP contribution in [0, 0.1) is 0 Å². The van der Waals surface area contributed by atoms with Gasteiger partial charge in [-0.05, 0) is 42.5 Å². The van der Waals surface area contributed by atoms with Crippen LogP contribution in [0.2, 0.25) is 5.02 Å². The summed E-state index contributed by atoms with van der Waals surface area (Å²) >= 11 is 9.30. The zero-order chi connectivity index (χ0) is 14.2. The van der Waals surface area contributed by atoms with E-state index in [0.29, 0.717) is 16.4 Å². The number of hydrogen-bond donors (Lipinski definition) is 1. The fourth-order valence-corrected chi connectivity index (χ4v) is 2.38. The van der Waals surface area contributed by atoms with Crippen molar-refractivity contribution in [2.45, 2.75) is 19.4 Å². The van der Waals surface area contributed by atoms with Crippen LogP contribution in [0.5, 0.6) is 0 Å². The zero-order valence-electron chi connectivity index (χ0n) is 10.1. The Morgan fingerprint density at radius 1 is 1.42 bits per heavy atom. The summed E-state index contributed by atoms with van der Waals surface area (Å²) in [5.74, 6) is -0.683. The highest BCUT2D eigenvalue weighted by Gasteiger charge is 2.33. The number of rotatable bonds is 3. The maximum atomic E-state index is 11.3. The predicted octanol–water partition coefficient (Wildman–Crippen LogP) is 2.58. The first-order chi connectivity index (χ1) is 8.82. The molecule has 0 saturated carbocycles. The number of benzene rings is 1. The van der Waals surface area contributed by atoms with Crippen molar-refractivity contribution in [1.29, 1.82) is 0 Å². The summed E-state index contributed by atoms with van der Waals surface area (Å²) in [5, 5.41) is 20.9. The van der Waals surface area contributed by atoms with Crippen molar-refractivity contribution in [3.8, 4) is 11.4 Å². The van der Waals surface area contributed by atoms with E-state index in [1.54, 1.807) is 18.2 Å². The lowest BCUT2D eigenvalue weighted by Crippen LogP contribution is -2.37. The summed E-state index contributed by atoms with van der Waals surface area (Å²) < 4.78 is 2.02. The van der Waals surface area contributed by atoms with Crippen molar-refractivity contribution in [2.75, 3.05) is 0 Å². The summed E-state index contributed by atoms with van der Waals surface area (Å²) in [7, 11) is 0. The van der Waals surface area contributed by atoms with E-state index in [4.69, 9.17) is 11.6 Å². The molecule has 0 atom stereocenters. The first-order valence-corrected chi connectivity index (χ1v) is 6.48. The molecule has 0 spiro atoms. The molecule has 1 aromatic carbocycles. The molecule has 1 heterocycles. The number of aromatic nitrogens is 4. The van der Waals surface area contributed by atoms with Gasteiger partial charge in [0.2, 0.25) is 0 Å². The monoisotopic (exact) mass is 344 g/mol. The molecule has 2 rings (SSSR count). The molecule has 8 heteroatoms. The van der Waals surface area contributed by atoms with Crippen molar-refractivity contribution in [1.82, 2.24) is 20.2 Å². The summed E-state index contributed by atoms with van der Waals surface area (Å²) in [5.41, 5.74) is -0.619. The second-order valence-corrected chi connectivity index (χ2v) is 5.79. The SMILES string of the molecule is CC(C)(C(=O)O)n1nnnc1-c1cc(Cl)cc(Br)c1. The number of aliphatic carboxylic acids is 1. The van der Waals surface area contributed by atoms with Gasteiger partial charge in [0.15, 0.2) is 11.4 Å². The molecular weight excluding hydrogens is 336 g/mol. The molecule has 0 aliphatic rings. The van der Waals surface area contributed by atoms with Gasteiger partial charge in [0.25, 0.3) is 0 Å². The molecule has 1 N–H and O–H groups in total. The summed E-state index contributed by atoms with van der Waals surface area (Å²) in [6, 6.07) is 5.17. The van der Waals surface area contributed by atoms with Crippen LogP contribution in [0.4, 0.5) is 0 Å². The van der Waals surface area contributed by atoms with Crippen LogP contribution >= 0.6 is 27.5 Å². The lowest BCUT2D eigenvalue weighted by molar-refractivity contribution is -0.146. The van der Waals surface area contributed by atoms with Gasteiger partial charge in [0, 0.05) is 15.1 Å². The second-order valence-electron chi connectivity index (χ2n) is 4.44. The Morgan fingerprint density at radius 2 is 2.11 bits per heavy atom. The minimum Gasteiger partial charge on any atom is -0.479 e. The van der Waals surface area contributed by atoms with Gasteiger partial charge in [-0.15, -0.1) is 5.10 Å². The molecule has 0 aliphatic carbocycles. The van der Waals surface area contributed by atoms with E-state index in [1.165, 1.54) is 18.5 Å². The Morgan fingerprint density at radius 3 is 2.68 bits per heavy atom. The van der Waals surface area contributed by atoms with Gasteiger partial charge < -0.3 is 5.11 Å². The van der Waals surface area contributed by atoms with Crippen molar-refractivity contribution in [3.05, 3.63) is 27.7 Å². The van der Waals surface area contributed by atoms with Crippen LogP contribution in [0.15, 0.2) is 22.7 Å². The van der Waals surface area contributed by atoms with Gasteiger partial charge in [0.05, 0.1) is 0 Å². The molecule has 0 fully saturated rings. The Hall–Kier alpha value is -1.47. The van der Waals surface area contributed by atoms with E-state index in [-0.39, 0.29) is 0 Å². The minimum atomic E-state index is -1.26. The van der Waals surface area contributed by atoms with Crippen molar-refractivity contribution in [2.24, 2.45) is 0 Å². The molecule has 0 amide bonds. The Balaban J connectivity index is 2.59. The lowest BCUT2D eigenvalue weighted by Gasteiger charge is -2.20. The molecule has 19 heavy (non-hydrogen) atoms. The highest BCUT2D eigenvalue weighted by Crippen LogP contribution is 2.28. The predicted molar refractivity (Wildman–Crippen MR) is 72.9 cm³/mol. The van der Waals surface area contributed by atoms with Crippen LogP contribution in [-0.4, -0.2) is 31.3 Å². The van der Waals surface area contributed by atoms with Crippen LogP contribution in [0.25, 0.3) is 11.4 Å². The Bertz CT molecular complexity index is 621. The van der Waals surface area contributed by atoms with Crippen molar-refractivity contribution >= 4 is 33.5 Å². The molecule has 1 aromatic heterocycles. The first kappa shape index (κ1) is 14.0. The number of halogens is 2. The van der Waals surface area contributed by atoms with Crippen molar-refractivity contribution in [3.63, 3.8) is 0 Å². The third-order valence-corrected chi connectivity index (χ3v) is 3.32. The zero-order valence-corrected chi connectivity index (χ0v) is 12.5. The quantitative estimate of drug-likeness (QED) is 0.924. The lowest BCUT2D eigenvalue weighted by atomic mass is 10.1. The number of carbonyl (C=O) groups is 1. The normalized spacial score (nSPS) is 11.6. The van der Waals surface area contributed by atoms with E-state index in [1.807, 2.05) is 0 Å². The number of hydrogen-bond acceptors (Lipinski definition) is 4. The standard InChI is InChI=1S/C11H10BrClN4O2/c1-11(2,10(18)19)17-9(14-15-16-17)6-3-7(12)5-8(13)4-6/h3-5H,1-2H3,(H,18,19). The average molecular weight is 346 g/mol. The van der Waals surface area contributed by atoms with Crippen LogP contribution < -0.4 is 0 Å². The fraction of sp³-hybridized carbons (Fsp3) is 0.273. The highest BCUT2D eigenvalue weighted by molar-refractivity contribution is 9.10. The van der Waals surface area contributed by atoms with E-state index < -0.39 is 11.5 Å². The Labute approximate surface area is 122 Å². The molecule has 2 aromatic rings. The van der Waals surface area contributed by atoms with E-state index in [9.17, 15) is 9.90 Å². The molecule has 6 nitrogen and oxygen atoms in total. The highest BCUT2D eigenvalue weighted by atomic mass is 79.9. The maximum Gasteiger partial charge on any atom is 0.331 e. The molecule has 0 unspecified atom stereocenters. The second kappa shape index (κ2) is 4.90. The summed E-state index contributed by atoms with van der Waals surface area (Å²) in [4.78, 5) is 11.3. The number of carboxylic acids is 1. The number of carboxylic acid groups (broad SMARTS) is 1. The van der Waals surface area contributed by atoms with Gasteiger partial charge in [-0.2, -0.15) is 0 Å². The van der Waals surface area contributed by atoms with Gasteiger partial charge in [-0.25, -0.2) is 9.48 Å². The van der Waals surface area contributed by atoms with Crippen LogP contribution in [0.1, 0.15) is 13.8 Å². The topological polar surface area (TPSA) is 80.9 Å². The van der Waals surface area contributed by atoms with E-state index in [2.05, 4.69) is 31.5 Å². The first-order valence-electron chi connectivity index (χ1n) is 5.31. The smallest absolute Gasteiger partial charge is 0.331 e. The largest absolute Gasteiger partial charge is 0.479 e. The van der Waals surface area contributed by atoms with Gasteiger partial charge in [0.1, 0.15) is 0 Å². The summed E-state index contributed by atoms with van der Waals surface area (Å²) in [6.07, 6.45) is 0. The van der Waals surface area contributed by atoms with E-state index in [0.717, 1.165) is 4.47 Å². The van der Waals surface area contributed by atoms with Crippen LogP contribution in [0.3, 0.4) is 0 Å². The maximum absolute atomic E-state index is 11.3. The van der Waals surface area contributed by atoms with Crippen molar-refractivity contribution < 1.29 is 9.90 Å². The molecule has 0 aliphatic heterocycles. The molecule has 0 radical (unpaired) electrons. The number of nitrogens with zero attached hydrogens (tertiary/aromatic N) is 4. The number of tetrazole rings is 1. The van der Waals surface area contributed by atoms with Gasteiger partial charge in [-0.3, -0.25) is 0 Å². The van der Waals surface area contributed by atoms with Gasteiger partial charge in [-0.1, -0.05) is 27.5 Å². The summed E-state index contributed by atoms with van der Waals surface area (Å²) in [6.45, 7) is 3.05. The van der Waals surface area contributed by atoms with Crippen LogP contribution in [-0.2, 0) is 10.3 Å². The molecule has 100 valence electrons. The molecule has 0 bridgehead atoms. The molecule has 0 saturated heterocycles. The fourth-order valence-electron chi connectivity index (χ4n) is 1.52. The minimum absolute atomic E-state index is 0.343.